The third-order valence-corrected chi connectivity index (χ3v) is 8.64. The summed E-state index contributed by atoms with van der Waals surface area (Å²) in [6.07, 6.45) is -0.190. The molecule has 36 heavy (non-hydrogen) atoms. The molecule has 11 heteroatoms. The summed E-state index contributed by atoms with van der Waals surface area (Å²) < 4.78 is 36.8. The Balaban J connectivity index is 0.00000247. The smallest absolute Gasteiger partial charge is 0.330 e. The van der Waals surface area contributed by atoms with Crippen LogP contribution < -0.4 is 11.2 Å². The average molecular weight is 591 g/mol. The number of ether oxygens (including phenoxy) is 1. The number of benzene rings is 1. The van der Waals surface area contributed by atoms with Crippen LogP contribution >= 0.6 is 24.5 Å². The summed E-state index contributed by atoms with van der Waals surface area (Å²) in [5.74, 6) is 0. The lowest BCUT2D eigenvalue weighted by molar-refractivity contribution is -0.0446. The second kappa shape index (κ2) is 13.4. The summed E-state index contributed by atoms with van der Waals surface area (Å²) in [5, 5.41) is 4.66. The van der Waals surface area contributed by atoms with Crippen molar-refractivity contribution in [1.29, 1.82) is 1.43 Å². The molecule has 0 spiro atoms. The van der Waals surface area contributed by atoms with Gasteiger partial charge in [-0.25, -0.2) is 9.46 Å². The zero-order valence-corrected chi connectivity index (χ0v) is 24.4. The van der Waals surface area contributed by atoms with Crippen molar-refractivity contribution in [3.8, 4) is 0 Å². The Labute approximate surface area is 225 Å². The molecular weight excluding hydrogens is 549 g/mol. The number of aliphatic hydroxyl groups is 1. The molecule has 1 saturated heterocycles. The van der Waals surface area contributed by atoms with E-state index in [2.05, 4.69) is 58.4 Å². The second-order valence-corrected chi connectivity index (χ2v) is 11.5. The van der Waals surface area contributed by atoms with Crippen LogP contribution in [0.2, 0.25) is 0 Å². The number of aromatic amines is 1. The van der Waals surface area contributed by atoms with Crippen LogP contribution in [0.3, 0.4) is 0 Å². The molecular formula is C25H39BrN3O6P. The highest BCUT2D eigenvalue weighted by Crippen LogP contribution is 2.52. The molecule has 0 saturated carbocycles. The molecule has 1 aromatic heterocycles. The maximum Gasteiger partial charge on any atom is 0.330 e. The number of hydrogen-bond donors (Lipinski definition) is 2. The van der Waals surface area contributed by atoms with E-state index in [0.717, 1.165) is 10.0 Å². The molecule has 2 heterocycles. The van der Waals surface area contributed by atoms with Crippen LogP contribution in [0, 0.1) is 6.92 Å². The molecule has 3 rings (SSSR count). The van der Waals surface area contributed by atoms with Crippen LogP contribution in [0.4, 0.5) is 0 Å². The van der Waals surface area contributed by atoms with E-state index >= 15 is 0 Å². The fourth-order valence-corrected chi connectivity index (χ4v) is 6.22. The molecule has 0 aliphatic carbocycles. The quantitative estimate of drug-likeness (QED) is 0.353. The van der Waals surface area contributed by atoms with Crippen LogP contribution in [0.1, 0.15) is 73.3 Å². The number of hydrogen-bond acceptors (Lipinski definition) is 7. The first-order valence-electron chi connectivity index (χ1n) is 13.2. The highest BCUT2D eigenvalue weighted by atomic mass is 79.9. The first-order chi connectivity index (χ1) is 18.0. The summed E-state index contributed by atoms with van der Waals surface area (Å²) in [6, 6.07) is 8.24. The third-order valence-electron chi connectivity index (χ3n) is 5.86. The van der Waals surface area contributed by atoms with Gasteiger partial charge in [0.1, 0.15) is 12.3 Å². The number of aryl methyl sites for hydroxylation is 1. The number of aliphatic hydroxyl groups excluding tert-OH is 1. The highest BCUT2D eigenvalue weighted by Gasteiger charge is 2.41. The van der Waals surface area contributed by atoms with E-state index < -0.39 is 38.2 Å². The Morgan fingerprint density at radius 3 is 2.53 bits per heavy atom. The van der Waals surface area contributed by atoms with Gasteiger partial charge in [0, 0.05) is 36.1 Å². The molecule has 5 atom stereocenters. The lowest BCUT2D eigenvalue weighted by Gasteiger charge is -2.38. The van der Waals surface area contributed by atoms with Crippen molar-refractivity contribution in [2.75, 3.05) is 6.61 Å². The second-order valence-electron chi connectivity index (χ2n) is 9.26. The van der Waals surface area contributed by atoms with Gasteiger partial charge in [-0.1, -0.05) is 35.5 Å². The topological polar surface area (TPSA) is 106 Å². The number of nitrogens with zero attached hydrogens (tertiary/aromatic N) is 2. The number of halogens is 1. The molecule has 0 radical (unpaired) electrons. The molecule has 9 nitrogen and oxygen atoms in total. The van der Waals surface area contributed by atoms with Crippen LogP contribution in [0.25, 0.3) is 0 Å². The van der Waals surface area contributed by atoms with E-state index in [1.807, 2.05) is 31.2 Å². The van der Waals surface area contributed by atoms with Gasteiger partial charge in [-0.3, -0.25) is 14.3 Å². The van der Waals surface area contributed by atoms with Crippen molar-refractivity contribution in [1.82, 2.24) is 14.2 Å². The summed E-state index contributed by atoms with van der Waals surface area (Å²) >= 11 is 3.47. The van der Waals surface area contributed by atoms with Crippen LogP contribution in [-0.4, -0.2) is 51.7 Å². The molecule has 1 aliphatic rings. The Kier molecular flexibility index (Phi) is 10.3. The van der Waals surface area contributed by atoms with Crippen molar-refractivity contribution in [2.45, 2.75) is 92.0 Å². The zero-order chi connectivity index (χ0) is 28.6. The van der Waals surface area contributed by atoms with E-state index in [0.29, 0.717) is 12.0 Å². The van der Waals surface area contributed by atoms with Gasteiger partial charge in [-0.2, -0.15) is 0 Å². The van der Waals surface area contributed by atoms with E-state index in [9.17, 15) is 9.59 Å². The van der Waals surface area contributed by atoms with Gasteiger partial charge in [-0.15, -0.1) is 0 Å². The summed E-state index contributed by atoms with van der Waals surface area (Å²) in [5.41, 5.74) is 0.422. The van der Waals surface area contributed by atoms with E-state index in [1.165, 1.54) is 18.2 Å². The Bertz CT molecular complexity index is 1110. The number of aromatic nitrogens is 2. The summed E-state index contributed by atoms with van der Waals surface area (Å²) in [4.78, 5) is 26.6. The van der Waals surface area contributed by atoms with Crippen molar-refractivity contribution in [2.24, 2.45) is 0 Å². The van der Waals surface area contributed by atoms with Crippen molar-refractivity contribution < 1.29 is 20.3 Å². The Morgan fingerprint density at radius 2 is 1.94 bits per heavy atom. The summed E-state index contributed by atoms with van der Waals surface area (Å²) in [6.45, 7) is 11.9. The largest absolute Gasteiger partial charge is 0.394 e. The first-order valence-corrected chi connectivity index (χ1v) is 13.7. The minimum Gasteiger partial charge on any atom is -0.394 e. The van der Waals surface area contributed by atoms with Gasteiger partial charge in [0.15, 0.2) is 0 Å². The molecule has 202 valence electrons. The van der Waals surface area contributed by atoms with Crippen molar-refractivity contribution in [3.05, 3.63) is 66.9 Å². The fourth-order valence-electron chi connectivity index (χ4n) is 4.09. The van der Waals surface area contributed by atoms with Gasteiger partial charge in [0.2, 0.25) is 1.43 Å². The number of rotatable bonds is 11. The Hall–Kier alpha value is -1.39. The molecule has 0 bridgehead atoms. The average Bonchev–Trinajstić information content (AvgIpc) is 3.24. The lowest BCUT2D eigenvalue weighted by atomic mass is 10.1. The van der Waals surface area contributed by atoms with Gasteiger partial charge in [0.05, 0.1) is 18.8 Å². The number of nitrogens with one attached hydrogen (secondary N) is 1. The minimum atomic E-state index is -1.55. The third kappa shape index (κ3) is 7.34. The normalized spacial score (nSPS) is 22.2. The van der Waals surface area contributed by atoms with Crippen LogP contribution in [0.15, 0.2) is 44.5 Å². The molecule has 1 aromatic carbocycles. The van der Waals surface area contributed by atoms with Crippen LogP contribution in [-0.2, 0) is 13.8 Å². The maximum atomic E-state index is 12.5. The first kappa shape index (κ1) is 27.6. The molecule has 2 aromatic rings. The molecule has 1 aliphatic heterocycles. The SMILES string of the molecule is [2H]OC[C@H]1O[C@@H](n2cc(C)c(=O)[nH]c2=O)CC1OP(OC(C)c1ccc(Br)cc1)N(C(C)C)C(C)C.[3H]C. The van der Waals surface area contributed by atoms with E-state index in [-0.39, 0.29) is 24.8 Å². The molecule has 3 unspecified atom stereocenters. The van der Waals surface area contributed by atoms with Crippen molar-refractivity contribution in [3.63, 3.8) is 0 Å². The van der Waals surface area contributed by atoms with Gasteiger partial charge >= 0.3 is 5.69 Å². The Morgan fingerprint density at radius 1 is 1.31 bits per heavy atom. The van der Waals surface area contributed by atoms with Gasteiger partial charge < -0.3 is 18.9 Å². The molecule has 2 N–H and O–H groups in total. The predicted octanol–water partition coefficient (Wildman–Crippen LogP) is 5.03. The monoisotopic (exact) mass is 590 g/mol. The lowest BCUT2D eigenvalue weighted by Crippen LogP contribution is -2.36. The molecule has 0 amide bonds. The predicted molar refractivity (Wildman–Crippen MR) is 146 cm³/mol. The number of H-pyrrole nitrogens is 1. The van der Waals surface area contributed by atoms with Crippen LogP contribution in [0.5, 0.6) is 0 Å². The molecule has 1 fully saturated rings. The van der Waals surface area contributed by atoms with Gasteiger partial charge in [-0.05, 0) is 59.2 Å². The van der Waals surface area contributed by atoms with Crippen molar-refractivity contribution >= 4 is 24.5 Å². The van der Waals surface area contributed by atoms with E-state index in [4.69, 9.17) is 16.6 Å². The summed E-state index contributed by atoms with van der Waals surface area (Å²) in [7, 11) is -0.299. The fraction of sp³-hybridized carbons (Fsp3) is 0.600. The maximum absolute atomic E-state index is 12.5. The standard InChI is InChI=1S/C24H35BrN3O6P.CH4/c1-14(2)28(15(3)4)35(33-17(6)18-7-9-19(25)10-8-18)34-20-11-22(32-21(20)13-29)27-12-16(5)23(30)26-24(27)31;/h7-10,12,14-15,17,20-22,29H,11,13H2,1-6H3,(H,26,30,31);1H4/t17?,20?,21-,22-,35?;/m1./s1/i29D;1T. The minimum absolute atomic E-state index is 0.0347. The van der Waals surface area contributed by atoms with E-state index in [1.54, 1.807) is 6.92 Å². The zero-order valence-electron chi connectivity index (χ0n) is 23.9. The van der Waals surface area contributed by atoms with Gasteiger partial charge in [0.25, 0.3) is 14.1 Å². The highest BCUT2D eigenvalue weighted by molar-refractivity contribution is 9.10.